The number of amides is 2. The Morgan fingerprint density at radius 1 is 1.04 bits per heavy atom. The molecular formula is C21H27FN2O4. The first-order chi connectivity index (χ1) is 13.4. The van der Waals surface area contributed by atoms with Gasteiger partial charge in [0.05, 0.1) is 13.1 Å². The Morgan fingerprint density at radius 2 is 1.75 bits per heavy atom. The van der Waals surface area contributed by atoms with Crippen LogP contribution >= 0.6 is 0 Å². The number of rotatable bonds is 10. The second kappa shape index (κ2) is 10.6. The molecule has 1 aromatic carbocycles. The highest BCUT2D eigenvalue weighted by Gasteiger charge is 2.22. The van der Waals surface area contributed by atoms with Crippen molar-refractivity contribution in [3.8, 4) is 0 Å². The van der Waals surface area contributed by atoms with Crippen molar-refractivity contribution in [2.45, 2.75) is 33.4 Å². The molecule has 2 rings (SSSR count). The number of carbonyl (C=O) groups excluding carboxylic acids is 2. The number of hydrogen-bond acceptors (Lipinski definition) is 4. The van der Waals surface area contributed by atoms with Crippen LogP contribution < -0.4 is 0 Å². The molecule has 1 aromatic heterocycles. The van der Waals surface area contributed by atoms with E-state index < -0.39 is 0 Å². The second-order valence-electron chi connectivity index (χ2n) is 6.64. The molecule has 6 nitrogen and oxygen atoms in total. The maximum Gasteiger partial charge on any atom is 0.249 e. The Bertz CT molecular complexity index is 773. The molecule has 0 spiro atoms. The van der Waals surface area contributed by atoms with Crippen LogP contribution in [0.15, 0.2) is 40.8 Å². The molecule has 1 heterocycles. The fraction of sp³-hybridized carbons (Fsp3) is 0.429. The van der Waals surface area contributed by atoms with Gasteiger partial charge in [-0.25, -0.2) is 4.39 Å². The van der Waals surface area contributed by atoms with E-state index in [2.05, 4.69) is 0 Å². The van der Waals surface area contributed by atoms with Crippen molar-refractivity contribution in [3.63, 3.8) is 0 Å². The molecule has 2 aromatic rings. The fourth-order valence-electron chi connectivity index (χ4n) is 2.84. The average molecular weight is 390 g/mol. The predicted molar refractivity (Wildman–Crippen MR) is 103 cm³/mol. The van der Waals surface area contributed by atoms with Gasteiger partial charge in [-0.05, 0) is 43.2 Å². The number of furan rings is 1. The van der Waals surface area contributed by atoms with Crippen LogP contribution in [0, 0.1) is 12.7 Å². The lowest BCUT2D eigenvalue weighted by atomic mass is 10.2. The smallest absolute Gasteiger partial charge is 0.249 e. The van der Waals surface area contributed by atoms with E-state index in [1.54, 1.807) is 17.0 Å². The van der Waals surface area contributed by atoms with Crippen LogP contribution in [-0.2, 0) is 27.4 Å². The van der Waals surface area contributed by atoms with Gasteiger partial charge in [-0.1, -0.05) is 19.1 Å². The minimum Gasteiger partial charge on any atom is -0.464 e. The highest BCUT2D eigenvalue weighted by Crippen LogP contribution is 2.14. The molecule has 0 fully saturated rings. The number of benzene rings is 1. The van der Waals surface area contributed by atoms with E-state index in [0.717, 1.165) is 17.7 Å². The van der Waals surface area contributed by atoms with Crippen molar-refractivity contribution in [2.75, 3.05) is 26.8 Å². The zero-order valence-electron chi connectivity index (χ0n) is 16.6. The summed E-state index contributed by atoms with van der Waals surface area (Å²) in [5, 5.41) is 0. The highest BCUT2D eigenvalue weighted by molar-refractivity contribution is 5.85. The van der Waals surface area contributed by atoms with Gasteiger partial charge in [-0.2, -0.15) is 0 Å². The summed E-state index contributed by atoms with van der Waals surface area (Å²) < 4.78 is 23.7. The van der Waals surface area contributed by atoms with Gasteiger partial charge in [0.1, 0.15) is 23.9 Å². The summed E-state index contributed by atoms with van der Waals surface area (Å²) in [4.78, 5) is 28.3. The van der Waals surface area contributed by atoms with E-state index >= 15 is 0 Å². The largest absolute Gasteiger partial charge is 0.464 e. The third-order valence-electron chi connectivity index (χ3n) is 4.22. The maximum atomic E-state index is 13.2. The van der Waals surface area contributed by atoms with Gasteiger partial charge in [-0.3, -0.25) is 9.59 Å². The van der Waals surface area contributed by atoms with Gasteiger partial charge in [0.15, 0.2) is 0 Å². The SMILES string of the molecule is CCCN(CC(=O)N(Cc1ccc(F)cc1)Cc1ccc(C)o1)C(=O)COC. The third-order valence-corrected chi connectivity index (χ3v) is 4.22. The Balaban J connectivity index is 2.16. The first-order valence-corrected chi connectivity index (χ1v) is 9.27. The average Bonchev–Trinajstić information content (AvgIpc) is 3.07. The molecule has 152 valence electrons. The van der Waals surface area contributed by atoms with Crippen LogP contribution in [0.4, 0.5) is 4.39 Å². The third kappa shape index (κ3) is 6.49. The summed E-state index contributed by atoms with van der Waals surface area (Å²) in [6, 6.07) is 9.66. The Hall–Kier alpha value is -2.67. The summed E-state index contributed by atoms with van der Waals surface area (Å²) in [7, 11) is 1.45. The number of ether oxygens (including phenoxy) is 1. The van der Waals surface area contributed by atoms with Crippen molar-refractivity contribution in [2.24, 2.45) is 0 Å². The van der Waals surface area contributed by atoms with Gasteiger partial charge in [0.25, 0.3) is 0 Å². The summed E-state index contributed by atoms with van der Waals surface area (Å²) in [5.41, 5.74) is 0.795. The lowest BCUT2D eigenvalue weighted by Gasteiger charge is -2.27. The van der Waals surface area contributed by atoms with Crippen LogP contribution in [0.1, 0.15) is 30.4 Å². The van der Waals surface area contributed by atoms with E-state index in [1.807, 2.05) is 26.0 Å². The van der Waals surface area contributed by atoms with E-state index in [-0.39, 0.29) is 43.9 Å². The number of aryl methyl sites for hydroxylation is 1. The van der Waals surface area contributed by atoms with Crippen LogP contribution in [-0.4, -0.2) is 48.4 Å². The standard InChI is InChI=1S/C21H27FN2O4/c1-4-11-23(21(26)15-27-3)14-20(25)24(13-19-10-5-16(2)28-19)12-17-6-8-18(22)9-7-17/h5-10H,4,11-15H2,1-3H3. The topological polar surface area (TPSA) is 63.0 Å². The first kappa shape index (κ1) is 21.6. The molecule has 0 unspecified atom stereocenters. The highest BCUT2D eigenvalue weighted by atomic mass is 19.1. The lowest BCUT2D eigenvalue weighted by Crippen LogP contribution is -2.43. The minimum absolute atomic E-state index is 0.0447. The number of hydrogen-bond donors (Lipinski definition) is 0. The molecule has 0 saturated heterocycles. The van der Waals surface area contributed by atoms with Gasteiger partial charge < -0.3 is 19.0 Å². The van der Waals surface area contributed by atoms with Crippen molar-refractivity contribution < 1.29 is 23.1 Å². The first-order valence-electron chi connectivity index (χ1n) is 9.27. The lowest BCUT2D eigenvalue weighted by molar-refractivity contribution is -0.143. The molecule has 0 aliphatic carbocycles. The van der Waals surface area contributed by atoms with E-state index in [9.17, 15) is 14.0 Å². The number of nitrogens with zero attached hydrogens (tertiary/aromatic N) is 2. The van der Waals surface area contributed by atoms with Gasteiger partial charge >= 0.3 is 0 Å². The molecule has 0 bridgehead atoms. The normalized spacial score (nSPS) is 10.7. The monoisotopic (exact) mass is 390 g/mol. The van der Waals surface area contributed by atoms with E-state index in [1.165, 1.54) is 24.1 Å². The molecule has 0 saturated carbocycles. The Labute approximate surface area is 164 Å². The van der Waals surface area contributed by atoms with Crippen LogP contribution in [0.5, 0.6) is 0 Å². The molecule has 0 atom stereocenters. The van der Waals surface area contributed by atoms with Gasteiger partial charge in [0, 0.05) is 20.2 Å². The minimum atomic E-state index is -0.331. The Morgan fingerprint density at radius 3 is 2.32 bits per heavy atom. The van der Waals surface area contributed by atoms with Crippen LogP contribution in [0.3, 0.4) is 0 Å². The molecule has 0 aliphatic rings. The predicted octanol–water partition coefficient (Wildman–Crippen LogP) is 3.14. The summed E-state index contributed by atoms with van der Waals surface area (Å²) >= 11 is 0. The molecule has 28 heavy (non-hydrogen) atoms. The number of methoxy groups -OCH3 is 1. The van der Waals surface area contributed by atoms with Crippen LogP contribution in [0.25, 0.3) is 0 Å². The van der Waals surface area contributed by atoms with E-state index in [4.69, 9.17) is 9.15 Å². The quantitative estimate of drug-likeness (QED) is 0.625. The summed E-state index contributed by atoms with van der Waals surface area (Å²) in [6.45, 7) is 4.69. The molecule has 2 amide bonds. The van der Waals surface area contributed by atoms with Crippen molar-refractivity contribution in [3.05, 3.63) is 59.3 Å². The van der Waals surface area contributed by atoms with Crippen molar-refractivity contribution in [1.29, 1.82) is 0 Å². The second-order valence-corrected chi connectivity index (χ2v) is 6.64. The van der Waals surface area contributed by atoms with Gasteiger partial charge in [0.2, 0.25) is 11.8 Å². The molecule has 7 heteroatoms. The molecule has 0 radical (unpaired) electrons. The maximum absolute atomic E-state index is 13.2. The van der Waals surface area contributed by atoms with Crippen LogP contribution in [0.2, 0.25) is 0 Å². The zero-order chi connectivity index (χ0) is 20.5. The molecule has 0 aliphatic heterocycles. The van der Waals surface area contributed by atoms with Crippen molar-refractivity contribution >= 4 is 11.8 Å². The summed E-state index contributed by atoms with van der Waals surface area (Å²) in [5.74, 6) is 0.636. The zero-order valence-corrected chi connectivity index (χ0v) is 16.6. The summed E-state index contributed by atoms with van der Waals surface area (Å²) in [6.07, 6.45) is 0.734. The number of carbonyl (C=O) groups is 2. The molecular weight excluding hydrogens is 363 g/mol. The van der Waals surface area contributed by atoms with Crippen molar-refractivity contribution in [1.82, 2.24) is 9.80 Å². The number of halogens is 1. The van der Waals surface area contributed by atoms with E-state index in [0.29, 0.717) is 12.3 Å². The Kier molecular flexibility index (Phi) is 8.19. The van der Waals surface area contributed by atoms with Gasteiger partial charge in [-0.15, -0.1) is 0 Å². The fourth-order valence-corrected chi connectivity index (χ4v) is 2.84. The molecule has 0 N–H and O–H groups in total.